The van der Waals surface area contributed by atoms with Gasteiger partial charge in [-0.15, -0.1) is 0 Å². The van der Waals surface area contributed by atoms with Crippen LogP contribution in [0.15, 0.2) is 72.3 Å². The molecular formula is C30H28N2O5. The Hall–Kier alpha value is -4.57. The summed E-state index contributed by atoms with van der Waals surface area (Å²) in [6.07, 6.45) is 0. The Morgan fingerprint density at radius 2 is 1.54 bits per heavy atom. The van der Waals surface area contributed by atoms with Gasteiger partial charge in [0.25, 0.3) is 11.7 Å². The summed E-state index contributed by atoms with van der Waals surface area (Å²) in [4.78, 5) is 28.1. The molecule has 7 nitrogen and oxygen atoms in total. The number of anilines is 1. The largest absolute Gasteiger partial charge is 0.507 e. The third kappa shape index (κ3) is 4.66. The summed E-state index contributed by atoms with van der Waals surface area (Å²) in [6.45, 7) is 6.30. The molecule has 7 heteroatoms. The second-order valence-electron chi connectivity index (χ2n) is 9.77. The zero-order chi connectivity index (χ0) is 26.9. The number of amides is 1. The normalized spacial score (nSPS) is 17.0. The van der Waals surface area contributed by atoms with E-state index >= 15 is 0 Å². The van der Waals surface area contributed by atoms with E-state index < -0.39 is 17.7 Å². The van der Waals surface area contributed by atoms with Gasteiger partial charge in [-0.25, -0.2) is 0 Å². The lowest BCUT2D eigenvalue weighted by molar-refractivity contribution is -0.132. The fourth-order valence-corrected chi connectivity index (χ4v) is 4.42. The average molecular weight is 497 g/mol. The molecule has 1 saturated heterocycles. The van der Waals surface area contributed by atoms with Crippen molar-refractivity contribution in [3.05, 3.63) is 94.6 Å². The van der Waals surface area contributed by atoms with E-state index in [0.717, 1.165) is 5.56 Å². The fraction of sp³-hybridized carbons (Fsp3) is 0.233. The lowest BCUT2D eigenvalue weighted by atomic mass is 9.85. The van der Waals surface area contributed by atoms with E-state index in [1.807, 2.05) is 24.3 Å². The Morgan fingerprint density at radius 1 is 0.919 bits per heavy atom. The van der Waals surface area contributed by atoms with Crippen molar-refractivity contribution in [3.63, 3.8) is 0 Å². The SMILES string of the molecule is COc1ccc(/C(O)=C2/C(=O)C(=O)N(c3ccc(C#N)cc3)C2c2ccc(C(C)(C)C)cc2)cc1OC. The first-order chi connectivity index (χ1) is 17.6. The number of carbonyl (C=O) groups is 2. The number of hydrogen-bond acceptors (Lipinski definition) is 6. The van der Waals surface area contributed by atoms with Gasteiger partial charge in [0.15, 0.2) is 11.5 Å². The number of nitriles is 1. The predicted molar refractivity (Wildman–Crippen MR) is 141 cm³/mol. The van der Waals surface area contributed by atoms with Gasteiger partial charge in [-0.3, -0.25) is 14.5 Å². The van der Waals surface area contributed by atoms with Gasteiger partial charge in [0, 0.05) is 11.3 Å². The first kappa shape index (κ1) is 25.5. The van der Waals surface area contributed by atoms with Crippen molar-refractivity contribution in [2.45, 2.75) is 32.2 Å². The standard InChI is InChI=1S/C30H28N2O5/c1-30(2,3)21-11-8-19(9-12-21)26-25(27(33)20-10-15-23(36-4)24(16-20)37-5)28(34)29(35)32(26)22-13-6-18(17-31)7-14-22/h6-16,26,33H,1-5H3/b27-25-. The van der Waals surface area contributed by atoms with Crippen LogP contribution in [0.1, 0.15) is 49.1 Å². The van der Waals surface area contributed by atoms with Crippen molar-refractivity contribution in [2.75, 3.05) is 19.1 Å². The Bertz CT molecular complexity index is 1420. The molecule has 1 heterocycles. The Morgan fingerprint density at radius 3 is 2.08 bits per heavy atom. The first-order valence-corrected chi connectivity index (χ1v) is 11.7. The number of aliphatic hydroxyl groups is 1. The highest BCUT2D eigenvalue weighted by Crippen LogP contribution is 2.43. The molecular weight excluding hydrogens is 468 g/mol. The Balaban J connectivity index is 1.93. The van der Waals surface area contributed by atoms with Crippen molar-refractivity contribution in [1.82, 2.24) is 0 Å². The van der Waals surface area contributed by atoms with Gasteiger partial charge in [-0.2, -0.15) is 5.26 Å². The molecule has 37 heavy (non-hydrogen) atoms. The molecule has 1 aliphatic heterocycles. The number of benzene rings is 3. The number of methoxy groups -OCH3 is 2. The van der Waals surface area contributed by atoms with E-state index in [1.165, 1.54) is 19.1 Å². The van der Waals surface area contributed by atoms with Gasteiger partial charge in [0.2, 0.25) is 0 Å². The minimum Gasteiger partial charge on any atom is -0.507 e. The molecule has 0 bridgehead atoms. The second kappa shape index (κ2) is 9.82. The topological polar surface area (TPSA) is 99.9 Å². The molecule has 0 aliphatic carbocycles. The maximum atomic E-state index is 13.4. The van der Waals surface area contributed by atoms with E-state index in [9.17, 15) is 20.0 Å². The number of nitrogens with zero attached hydrogens (tertiary/aromatic N) is 2. The number of ether oxygens (including phenoxy) is 2. The van der Waals surface area contributed by atoms with Crippen LogP contribution in [0.2, 0.25) is 0 Å². The van der Waals surface area contributed by atoms with Gasteiger partial charge in [0.05, 0.1) is 37.5 Å². The van der Waals surface area contributed by atoms with Crippen molar-refractivity contribution in [1.29, 1.82) is 5.26 Å². The summed E-state index contributed by atoms with van der Waals surface area (Å²) in [5, 5.41) is 20.6. The molecule has 1 aliphatic rings. The smallest absolute Gasteiger partial charge is 0.300 e. The molecule has 1 fully saturated rings. The monoisotopic (exact) mass is 496 g/mol. The lowest BCUT2D eigenvalue weighted by Gasteiger charge is -2.26. The highest BCUT2D eigenvalue weighted by Gasteiger charge is 2.47. The highest BCUT2D eigenvalue weighted by molar-refractivity contribution is 6.51. The van der Waals surface area contributed by atoms with Gasteiger partial charge < -0.3 is 14.6 Å². The Kier molecular flexibility index (Phi) is 6.78. The zero-order valence-corrected chi connectivity index (χ0v) is 21.4. The maximum Gasteiger partial charge on any atom is 0.300 e. The van der Waals surface area contributed by atoms with E-state index in [0.29, 0.717) is 33.9 Å². The van der Waals surface area contributed by atoms with E-state index in [2.05, 4.69) is 26.8 Å². The van der Waals surface area contributed by atoms with E-state index in [1.54, 1.807) is 42.5 Å². The predicted octanol–water partition coefficient (Wildman–Crippen LogP) is 5.50. The van der Waals surface area contributed by atoms with Gasteiger partial charge in [-0.1, -0.05) is 45.0 Å². The van der Waals surface area contributed by atoms with Crippen LogP contribution in [-0.4, -0.2) is 31.0 Å². The lowest BCUT2D eigenvalue weighted by Crippen LogP contribution is -2.29. The zero-order valence-electron chi connectivity index (χ0n) is 21.4. The molecule has 3 aromatic rings. The van der Waals surface area contributed by atoms with Crippen LogP contribution in [0, 0.1) is 11.3 Å². The third-order valence-electron chi connectivity index (χ3n) is 6.47. The molecule has 1 N–H and O–H groups in total. The first-order valence-electron chi connectivity index (χ1n) is 11.7. The minimum absolute atomic E-state index is 0.0370. The number of ketones is 1. The third-order valence-corrected chi connectivity index (χ3v) is 6.47. The molecule has 1 amide bonds. The molecule has 0 aromatic heterocycles. The molecule has 188 valence electrons. The maximum absolute atomic E-state index is 13.4. The fourth-order valence-electron chi connectivity index (χ4n) is 4.42. The highest BCUT2D eigenvalue weighted by atomic mass is 16.5. The van der Waals surface area contributed by atoms with E-state index in [-0.39, 0.29) is 16.7 Å². The number of rotatable bonds is 5. The van der Waals surface area contributed by atoms with Crippen molar-refractivity contribution < 1.29 is 24.2 Å². The summed E-state index contributed by atoms with van der Waals surface area (Å²) in [7, 11) is 2.98. The molecule has 1 unspecified atom stereocenters. The van der Waals surface area contributed by atoms with Crippen LogP contribution in [0.3, 0.4) is 0 Å². The number of Topliss-reactive ketones (excluding diaryl/α,β-unsaturated/α-hetero) is 1. The van der Waals surface area contributed by atoms with Crippen LogP contribution in [0.25, 0.3) is 5.76 Å². The van der Waals surface area contributed by atoms with Gasteiger partial charge >= 0.3 is 0 Å². The van der Waals surface area contributed by atoms with Gasteiger partial charge in [-0.05, 0) is 59.0 Å². The summed E-state index contributed by atoms with van der Waals surface area (Å²) >= 11 is 0. The van der Waals surface area contributed by atoms with E-state index in [4.69, 9.17) is 9.47 Å². The minimum atomic E-state index is -0.880. The van der Waals surface area contributed by atoms with Crippen molar-refractivity contribution in [2.24, 2.45) is 0 Å². The van der Waals surface area contributed by atoms with Crippen LogP contribution >= 0.6 is 0 Å². The number of carbonyl (C=O) groups excluding carboxylic acids is 2. The summed E-state index contributed by atoms with van der Waals surface area (Å²) < 4.78 is 10.6. The second-order valence-corrected chi connectivity index (χ2v) is 9.77. The van der Waals surface area contributed by atoms with Crippen LogP contribution in [0.5, 0.6) is 11.5 Å². The summed E-state index contributed by atoms with van der Waals surface area (Å²) in [5.74, 6) is -1.05. The Labute approximate surface area is 216 Å². The van der Waals surface area contributed by atoms with Crippen LogP contribution in [-0.2, 0) is 15.0 Å². The molecule has 3 aromatic carbocycles. The molecule has 1 atom stereocenters. The molecule has 0 saturated carbocycles. The van der Waals surface area contributed by atoms with Crippen LogP contribution < -0.4 is 14.4 Å². The van der Waals surface area contributed by atoms with Crippen LogP contribution in [0.4, 0.5) is 5.69 Å². The molecule has 0 radical (unpaired) electrons. The van der Waals surface area contributed by atoms with Gasteiger partial charge in [0.1, 0.15) is 5.76 Å². The summed E-state index contributed by atoms with van der Waals surface area (Å²) in [6, 6.07) is 20.0. The number of hydrogen-bond donors (Lipinski definition) is 1. The van der Waals surface area contributed by atoms with Crippen molar-refractivity contribution >= 4 is 23.1 Å². The van der Waals surface area contributed by atoms with Crippen molar-refractivity contribution in [3.8, 4) is 17.6 Å². The molecule has 4 rings (SSSR count). The quantitative estimate of drug-likeness (QED) is 0.284. The number of aliphatic hydroxyl groups excluding tert-OH is 1. The summed E-state index contributed by atoms with van der Waals surface area (Å²) in [5.41, 5.74) is 2.81. The average Bonchev–Trinajstić information content (AvgIpc) is 3.17. The molecule has 0 spiro atoms.